The number of carbonyl (C=O) groups excluding carboxylic acids is 1. The Labute approximate surface area is 143 Å². The summed E-state index contributed by atoms with van der Waals surface area (Å²) in [5.41, 5.74) is 5.59. The molecule has 2 fully saturated rings. The summed E-state index contributed by atoms with van der Waals surface area (Å²) in [4.78, 5) is 29.2. The van der Waals surface area contributed by atoms with E-state index in [1.165, 1.54) is 6.20 Å². The van der Waals surface area contributed by atoms with Crippen molar-refractivity contribution in [3.8, 4) is 0 Å². The summed E-state index contributed by atoms with van der Waals surface area (Å²) in [5, 5.41) is 0. The molecule has 0 saturated carbocycles. The molecular weight excluding hydrogens is 355 g/mol. The topological polar surface area (TPSA) is 141 Å². The molecule has 0 radical (unpaired) electrons. The molecule has 3 heterocycles. The summed E-state index contributed by atoms with van der Waals surface area (Å²) in [6, 6.07) is 3.20. The van der Waals surface area contributed by atoms with Crippen LogP contribution in [-0.2, 0) is 23.3 Å². The van der Waals surface area contributed by atoms with Crippen LogP contribution >= 0.6 is 7.82 Å². The molecular formula is C14H20N2O8P+. The Morgan fingerprint density at radius 3 is 2.72 bits per heavy atom. The highest BCUT2D eigenvalue weighted by atomic mass is 31.2. The lowest BCUT2D eigenvalue weighted by Crippen LogP contribution is -2.46. The van der Waals surface area contributed by atoms with Gasteiger partial charge in [-0.3, -0.25) is 9.32 Å². The Hall–Kier alpha value is -1.39. The number of phosphoric ester groups is 1. The molecule has 2 aliphatic rings. The summed E-state index contributed by atoms with van der Waals surface area (Å²) < 4.78 is 34.6. The maximum Gasteiger partial charge on any atom is 0.469 e. The van der Waals surface area contributed by atoms with Crippen LogP contribution in [0.5, 0.6) is 0 Å². The van der Waals surface area contributed by atoms with Crippen LogP contribution in [0, 0.1) is 0 Å². The first kappa shape index (κ1) is 18.4. The number of hydrogen-bond donors (Lipinski definition) is 3. The SMILES string of the molecule is CC1(C)OC2[C@@H](O1)[C@@H](COP(=O)(O)O)O[C@H]2[n+]1cccc(C(N)=O)c1. The van der Waals surface area contributed by atoms with Crippen LogP contribution in [0.25, 0.3) is 0 Å². The molecule has 0 bridgehead atoms. The number of aromatic nitrogens is 1. The van der Waals surface area contributed by atoms with E-state index in [4.69, 9.17) is 29.7 Å². The Bertz CT molecular complexity index is 721. The number of hydrogen-bond acceptors (Lipinski definition) is 6. The van der Waals surface area contributed by atoms with Crippen molar-refractivity contribution in [3.05, 3.63) is 30.1 Å². The lowest BCUT2D eigenvalue weighted by Gasteiger charge is -2.22. The molecule has 2 aliphatic heterocycles. The molecule has 0 spiro atoms. The van der Waals surface area contributed by atoms with Crippen LogP contribution in [-0.4, -0.2) is 46.4 Å². The summed E-state index contributed by atoms with van der Waals surface area (Å²) >= 11 is 0. The number of fused-ring (bicyclic) bond motifs is 1. The Balaban J connectivity index is 1.86. The van der Waals surface area contributed by atoms with Gasteiger partial charge in [0.1, 0.15) is 17.8 Å². The zero-order valence-corrected chi connectivity index (χ0v) is 14.5. The highest BCUT2D eigenvalue weighted by Crippen LogP contribution is 2.43. The number of nitrogens with zero attached hydrogens (tertiary/aromatic N) is 1. The van der Waals surface area contributed by atoms with Crippen LogP contribution in [0.4, 0.5) is 0 Å². The van der Waals surface area contributed by atoms with Gasteiger partial charge in [0.2, 0.25) is 0 Å². The predicted octanol–water partition coefficient (Wildman–Crippen LogP) is -0.400. The third kappa shape index (κ3) is 4.06. The van der Waals surface area contributed by atoms with Crippen LogP contribution in [0.15, 0.2) is 24.5 Å². The van der Waals surface area contributed by atoms with Crippen molar-refractivity contribution < 1.29 is 42.4 Å². The first-order valence-corrected chi connectivity index (χ1v) is 9.10. The van der Waals surface area contributed by atoms with E-state index in [0.29, 0.717) is 0 Å². The molecule has 10 nitrogen and oxygen atoms in total. The van der Waals surface area contributed by atoms with E-state index in [1.807, 2.05) is 0 Å². The fraction of sp³-hybridized carbons (Fsp3) is 0.571. The molecule has 1 unspecified atom stereocenters. The monoisotopic (exact) mass is 375 g/mol. The molecule has 0 aromatic carbocycles. The van der Waals surface area contributed by atoms with E-state index >= 15 is 0 Å². The minimum absolute atomic E-state index is 0.288. The lowest BCUT2D eigenvalue weighted by molar-refractivity contribution is -0.766. The van der Waals surface area contributed by atoms with Gasteiger partial charge < -0.3 is 29.7 Å². The number of primary amides is 1. The lowest BCUT2D eigenvalue weighted by atomic mass is 10.1. The molecule has 1 aromatic rings. The molecule has 1 amide bonds. The van der Waals surface area contributed by atoms with Crippen LogP contribution in [0.2, 0.25) is 0 Å². The molecule has 3 rings (SSSR count). The zero-order valence-electron chi connectivity index (χ0n) is 13.6. The largest absolute Gasteiger partial charge is 0.469 e. The van der Waals surface area contributed by atoms with Gasteiger partial charge in [0.05, 0.1) is 6.61 Å². The van der Waals surface area contributed by atoms with E-state index < -0.39 is 44.1 Å². The standard InChI is InChI=1S/C14H19N2O8P/c1-14(2)23-10-9(7-21-25(18,19)20)22-13(11(10)24-14)16-5-3-4-8(6-16)12(15)17/h3-6,9-11,13H,7H2,1-2H3,(H3-,15,17,18,19,20)/p+1/t9-,10+,11?,13-/m1/s1. The number of carbonyl (C=O) groups is 1. The summed E-state index contributed by atoms with van der Waals surface area (Å²) in [7, 11) is -4.64. The third-order valence-electron chi connectivity index (χ3n) is 3.93. The number of nitrogens with two attached hydrogens (primary N) is 1. The summed E-state index contributed by atoms with van der Waals surface area (Å²) in [5.74, 6) is -1.48. The Kier molecular flexibility index (Phi) is 4.71. The highest BCUT2D eigenvalue weighted by molar-refractivity contribution is 7.46. The van der Waals surface area contributed by atoms with E-state index in [-0.39, 0.29) is 12.2 Å². The molecule has 25 heavy (non-hydrogen) atoms. The minimum atomic E-state index is -4.64. The highest BCUT2D eigenvalue weighted by Gasteiger charge is 2.59. The molecule has 1 aromatic heterocycles. The van der Waals surface area contributed by atoms with Gasteiger partial charge in [-0.1, -0.05) is 0 Å². The normalized spacial score (nSPS) is 31.0. The molecule has 11 heteroatoms. The van der Waals surface area contributed by atoms with Gasteiger partial charge in [-0.25, -0.2) is 4.57 Å². The van der Waals surface area contributed by atoms with Gasteiger partial charge in [0.25, 0.3) is 12.1 Å². The van der Waals surface area contributed by atoms with E-state index in [2.05, 4.69) is 4.52 Å². The molecule has 2 saturated heterocycles. The molecule has 138 valence electrons. The van der Waals surface area contributed by atoms with E-state index in [1.54, 1.807) is 36.7 Å². The molecule has 4 N–H and O–H groups in total. The second-order valence-electron chi connectivity index (χ2n) is 6.32. The Morgan fingerprint density at radius 1 is 1.40 bits per heavy atom. The van der Waals surface area contributed by atoms with Crippen molar-refractivity contribution in [3.63, 3.8) is 0 Å². The van der Waals surface area contributed by atoms with Gasteiger partial charge >= 0.3 is 7.82 Å². The maximum absolute atomic E-state index is 11.4. The second-order valence-corrected chi connectivity index (χ2v) is 7.56. The van der Waals surface area contributed by atoms with Gasteiger partial charge in [-0.05, 0) is 19.9 Å². The number of pyridine rings is 1. The fourth-order valence-corrected chi connectivity index (χ4v) is 3.34. The average molecular weight is 375 g/mol. The summed E-state index contributed by atoms with van der Waals surface area (Å²) in [6.07, 6.45) is 0.635. The van der Waals surface area contributed by atoms with Crippen molar-refractivity contribution in [2.24, 2.45) is 5.73 Å². The van der Waals surface area contributed by atoms with Crippen LogP contribution < -0.4 is 10.3 Å². The van der Waals surface area contributed by atoms with Gasteiger partial charge in [0.15, 0.2) is 24.3 Å². The van der Waals surface area contributed by atoms with Crippen molar-refractivity contribution in [2.75, 3.05) is 6.61 Å². The fourth-order valence-electron chi connectivity index (χ4n) is 3.00. The zero-order chi connectivity index (χ0) is 18.4. The van der Waals surface area contributed by atoms with Crippen LogP contribution in [0.1, 0.15) is 30.4 Å². The van der Waals surface area contributed by atoms with Crippen molar-refractivity contribution in [2.45, 2.75) is 44.2 Å². The third-order valence-corrected chi connectivity index (χ3v) is 4.42. The number of phosphoric acid groups is 1. The predicted molar refractivity (Wildman–Crippen MR) is 80.9 cm³/mol. The first-order valence-electron chi connectivity index (χ1n) is 7.57. The van der Waals surface area contributed by atoms with Crippen molar-refractivity contribution in [1.29, 1.82) is 0 Å². The number of rotatable bonds is 5. The smallest absolute Gasteiger partial charge is 0.365 e. The maximum atomic E-state index is 11.4. The van der Waals surface area contributed by atoms with Crippen molar-refractivity contribution >= 4 is 13.7 Å². The van der Waals surface area contributed by atoms with Gasteiger partial charge in [-0.2, -0.15) is 4.57 Å². The molecule has 0 aliphatic carbocycles. The molecule has 4 atom stereocenters. The van der Waals surface area contributed by atoms with Gasteiger partial charge in [-0.15, -0.1) is 0 Å². The van der Waals surface area contributed by atoms with E-state index in [0.717, 1.165) is 0 Å². The average Bonchev–Trinajstić information content (AvgIpc) is 2.97. The number of amides is 1. The number of ether oxygens (including phenoxy) is 3. The van der Waals surface area contributed by atoms with Gasteiger partial charge in [0, 0.05) is 6.07 Å². The Morgan fingerprint density at radius 2 is 2.08 bits per heavy atom. The van der Waals surface area contributed by atoms with Crippen molar-refractivity contribution in [1.82, 2.24) is 0 Å². The van der Waals surface area contributed by atoms with E-state index in [9.17, 15) is 9.36 Å². The summed E-state index contributed by atoms with van der Waals surface area (Å²) in [6.45, 7) is 3.10. The first-order chi connectivity index (χ1) is 11.6. The minimum Gasteiger partial charge on any atom is -0.365 e. The second kappa shape index (κ2) is 6.40. The quantitative estimate of drug-likeness (QED) is 0.466. The van der Waals surface area contributed by atoms with Crippen LogP contribution in [0.3, 0.4) is 0 Å².